The molecule has 0 aliphatic carbocycles. The summed E-state index contributed by atoms with van der Waals surface area (Å²) in [5, 5.41) is 13.1. The number of nitriles is 1. The summed E-state index contributed by atoms with van der Waals surface area (Å²) in [6, 6.07) is 13.2. The number of ketones is 1. The summed E-state index contributed by atoms with van der Waals surface area (Å²) in [7, 11) is 0. The molecule has 1 heterocycles. The predicted octanol–water partition coefficient (Wildman–Crippen LogP) is 2.78. The molecular formula is C15H15N3O. The van der Waals surface area contributed by atoms with Crippen LogP contribution in [0.3, 0.4) is 0 Å². The second-order valence-electron chi connectivity index (χ2n) is 4.22. The minimum absolute atomic E-state index is 0.0490. The van der Waals surface area contributed by atoms with E-state index in [1.54, 1.807) is 16.9 Å². The summed E-state index contributed by atoms with van der Waals surface area (Å²) >= 11 is 0. The number of aromatic nitrogens is 2. The van der Waals surface area contributed by atoms with Gasteiger partial charge in [-0.3, -0.25) is 9.48 Å². The fourth-order valence-electron chi connectivity index (χ4n) is 2.11. The molecule has 0 amide bonds. The van der Waals surface area contributed by atoms with Gasteiger partial charge < -0.3 is 0 Å². The van der Waals surface area contributed by atoms with Crippen molar-refractivity contribution in [2.45, 2.75) is 25.8 Å². The molecule has 2 rings (SSSR count). The fourth-order valence-corrected chi connectivity index (χ4v) is 2.11. The van der Waals surface area contributed by atoms with Crippen LogP contribution in [0.15, 0.2) is 42.6 Å². The maximum atomic E-state index is 12.6. The highest BCUT2D eigenvalue weighted by Gasteiger charge is 2.24. The Balaban J connectivity index is 2.35. The standard InChI is InChI=1S/C15H15N3O/c1-2-18-14(9-11-17-18)15(19)13(8-10-16)12-6-4-3-5-7-12/h3-7,9,11,13H,2,8H2,1H3. The van der Waals surface area contributed by atoms with Crippen LogP contribution in [0.2, 0.25) is 0 Å². The van der Waals surface area contributed by atoms with E-state index in [-0.39, 0.29) is 12.2 Å². The van der Waals surface area contributed by atoms with Crippen LogP contribution in [0.1, 0.15) is 35.3 Å². The Morgan fingerprint density at radius 1 is 1.37 bits per heavy atom. The van der Waals surface area contributed by atoms with Crippen molar-refractivity contribution >= 4 is 5.78 Å². The molecule has 4 nitrogen and oxygen atoms in total. The van der Waals surface area contributed by atoms with Crippen LogP contribution in [0.4, 0.5) is 0 Å². The van der Waals surface area contributed by atoms with Crippen LogP contribution in [0, 0.1) is 11.3 Å². The van der Waals surface area contributed by atoms with Gasteiger partial charge in [-0.1, -0.05) is 30.3 Å². The third-order valence-corrected chi connectivity index (χ3v) is 3.08. The van der Waals surface area contributed by atoms with Crippen molar-refractivity contribution in [3.8, 4) is 6.07 Å². The van der Waals surface area contributed by atoms with Crippen molar-refractivity contribution in [2.75, 3.05) is 0 Å². The van der Waals surface area contributed by atoms with Crippen molar-refractivity contribution in [3.05, 3.63) is 53.9 Å². The molecule has 1 atom stereocenters. The third kappa shape index (κ3) is 2.71. The van der Waals surface area contributed by atoms with Gasteiger partial charge in [-0.2, -0.15) is 10.4 Å². The van der Waals surface area contributed by atoms with Crippen molar-refractivity contribution in [3.63, 3.8) is 0 Å². The normalized spacial score (nSPS) is 11.8. The van der Waals surface area contributed by atoms with E-state index in [1.165, 1.54) is 0 Å². The van der Waals surface area contributed by atoms with Crippen molar-refractivity contribution in [2.24, 2.45) is 0 Å². The first-order valence-corrected chi connectivity index (χ1v) is 6.25. The minimum Gasteiger partial charge on any atom is -0.292 e. The quantitative estimate of drug-likeness (QED) is 0.770. The average Bonchev–Trinajstić information content (AvgIpc) is 2.93. The summed E-state index contributed by atoms with van der Waals surface area (Å²) in [5.74, 6) is -0.472. The Bertz CT molecular complexity index is 595. The first-order valence-electron chi connectivity index (χ1n) is 6.25. The molecule has 2 aromatic rings. The lowest BCUT2D eigenvalue weighted by atomic mass is 9.90. The summed E-state index contributed by atoms with van der Waals surface area (Å²) in [4.78, 5) is 12.6. The number of benzene rings is 1. The van der Waals surface area contributed by atoms with E-state index in [4.69, 9.17) is 5.26 Å². The predicted molar refractivity (Wildman–Crippen MR) is 71.6 cm³/mol. The molecule has 4 heteroatoms. The monoisotopic (exact) mass is 253 g/mol. The van der Waals surface area contributed by atoms with E-state index in [9.17, 15) is 4.79 Å². The van der Waals surface area contributed by atoms with Gasteiger partial charge in [0.25, 0.3) is 0 Å². The summed E-state index contributed by atoms with van der Waals surface area (Å²) in [6.45, 7) is 2.58. The van der Waals surface area contributed by atoms with Crippen LogP contribution in [0.25, 0.3) is 0 Å². The highest BCUT2D eigenvalue weighted by molar-refractivity contribution is 5.99. The molecule has 0 saturated heterocycles. The van der Waals surface area contributed by atoms with Crippen LogP contribution < -0.4 is 0 Å². The number of aryl methyl sites for hydroxylation is 1. The molecule has 0 bridgehead atoms. The minimum atomic E-state index is -0.423. The first kappa shape index (κ1) is 13.0. The topological polar surface area (TPSA) is 58.7 Å². The maximum Gasteiger partial charge on any atom is 0.189 e. The number of hydrogen-bond acceptors (Lipinski definition) is 3. The lowest BCUT2D eigenvalue weighted by Gasteiger charge is -2.13. The lowest BCUT2D eigenvalue weighted by Crippen LogP contribution is -2.17. The highest BCUT2D eigenvalue weighted by atomic mass is 16.1. The van der Waals surface area contributed by atoms with E-state index < -0.39 is 5.92 Å². The van der Waals surface area contributed by atoms with Gasteiger partial charge in [0.2, 0.25) is 0 Å². The zero-order valence-electron chi connectivity index (χ0n) is 10.8. The average molecular weight is 253 g/mol. The Hall–Kier alpha value is -2.41. The lowest BCUT2D eigenvalue weighted by molar-refractivity contribution is 0.0950. The van der Waals surface area contributed by atoms with Gasteiger partial charge in [-0.15, -0.1) is 0 Å². The molecule has 0 saturated carbocycles. The van der Waals surface area contributed by atoms with Gasteiger partial charge in [0.1, 0.15) is 5.69 Å². The molecule has 19 heavy (non-hydrogen) atoms. The molecule has 0 spiro atoms. The van der Waals surface area contributed by atoms with E-state index >= 15 is 0 Å². The van der Waals surface area contributed by atoms with Crippen LogP contribution >= 0.6 is 0 Å². The van der Waals surface area contributed by atoms with E-state index in [0.717, 1.165) is 5.56 Å². The van der Waals surface area contributed by atoms with Crippen LogP contribution in [0.5, 0.6) is 0 Å². The molecule has 0 fully saturated rings. The maximum absolute atomic E-state index is 12.6. The molecule has 1 aromatic heterocycles. The van der Waals surface area contributed by atoms with Crippen molar-refractivity contribution < 1.29 is 4.79 Å². The molecule has 0 aliphatic heterocycles. The summed E-state index contributed by atoms with van der Waals surface area (Å²) in [5.41, 5.74) is 1.43. The molecule has 0 aliphatic rings. The third-order valence-electron chi connectivity index (χ3n) is 3.08. The van der Waals surface area contributed by atoms with Gasteiger partial charge >= 0.3 is 0 Å². The molecule has 96 valence electrons. The fraction of sp³-hybridized carbons (Fsp3) is 0.267. The van der Waals surface area contributed by atoms with Gasteiger partial charge in [-0.05, 0) is 18.6 Å². The number of rotatable bonds is 5. The van der Waals surface area contributed by atoms with E-state index in [0.29, 0.717) is 12.2 Å². The Morgan fingerprint density at radius 2 is 2.11 bits per heavy atom. The zero-order chi connectivity index (χ0) is 13.7. The van der Waals surface area contributed by atoms with Gasteiger partial charge in [-0.25, -0.2) is 0 Å². The SMILES string of the molecule is CCn1nccc1C(=O)C(CC#N)c1ccccc1. The number of hydrogen-bond donors (Lipinski definition) is 0. The van der Waals surface area contributed by atoms with Crippen LogP contribution in [-0.2, 0) is 6.54 Å². The summed E-state index contributed by atoms with van der Waals surface area (Å²) in [6.07, 6.45) is 1.79. The number of carbonyl (C=O) groups is 1. The zero-order valence-corrected chi connectivity index (χ0v) is 10.8. The number of carbonyl (C=O) groups excluding carboxylic acids is 1. The van der Waals surface area contributed by atoms with Crippen LogP contribution in [-0.4, -0.2) is 15.6 Å². The number of Topliss-reactive ketones (excluding diaryl/α,β-unsaturated/α-hetero) is 1. The smallest absolute Gasteiger partial charge is 0.189 e. The highest BCUT2D eigenvalue weighted by Crippen LogP contribution is 2.23. The number of nitrogens with zero attached hydrogens (tertiary/aromatic N) is 3. The Labute approximate surface area is 112 Å². The molecular weight excluding hydrogens is 238 g/mol. The second kappa shape index (κ2) is 5.96. The molecule has 1 unspecified atom stereocenters. The molecule has 0 radical (unpaired) electrons. The van der Waals surface area contributed by atoms with Gasteiger partial charge in [0.15, 0.2) is 5.78 Å². The first-order chi connectivity index (χ1) is 9.27. The second-order valence-corrected chi connectivity index (χ2v) is 4.22. The van der Waals surface area contributed by atoms with E-state index in [1.807, 2.05) is 37.3 Å². The Kier molecular flexibility index (Phi) is 4.09. The molecule has 1 aromatic carbocycles. The van der Waals surface area contributed by atoms with Crippen molar-refractivity contribution in [1.29, 1.82) is 5.26 Å². The summed E-state index contributed by atoms with van der Waals surface area (Å²) < 4.78 is 1.66. The van der Waals surface area contributed by atoms with Gasteiger partial charge in [0.05, 0.1) is 12.0 Å². The van der Waals surface area contributed by atoms with Gasteiger partial charge in [0, 0.05) is 19.2 Å². The van der Waals surface area contributed by atoms with E-state index in [2.05, 4.69) is 11.2 Å². The Morgan fingerprint density at radius 3 is 2.74 bits per heavy atom. The molecule has 0 N–H and O–H groups in total. The largest absolute Gasteiger partial charge is 0.292 e. The van der Waals surface area contributed by atoms with Crippen molar-refractivity contribution in [1.82, 2.24) is 9.78 Å².